The molecule has 1 saturated heterocycles. The maximum atomic E-state index is 12.3. The van der Waals surface area contributed by atoms with Crippen LogP contribution in [-0.4, -0.2) is 53.9 Å². The Morgan fingerprint density at radius 3 is 2.48 bits per heavy atom. The van der Waals surface area contributed by atoms with E-state index < -0.39 is 42.5 Å². The summed E-state index contributed by atoms with van der Waals surface area (Å²) >= 11 is 5.30. The first-order valence-electron chi connectivity index (χ1n) is 6.30. The Bertz CT molecular complexity index is 388. The Labute approximate surface area is 126 Å². The highest BCUT2D eigenvalue weighted by atomic mass is 35.5. The minimum absolute atomic E-state index is 0.0979. The van der Waals surface area contributed by atoms with Gasteiger partial charge in [-0.25, -0.2) is 9.59 Å². The molecular weight excluding hydrogens is 312 g/mol. The van der Waals surface area contributed by atoms with Gasteiger partial charge in [0.15, 0.2) is 6.07 Å². The van der Waals surface area contributed by atoms with E-state index in [-0.39, 0.29) is 13.0 Å². The molecule has 0 spiro atoms. The second-order valence-electron chi connectivity index (χ2n) is 5.48. The maximum absolute atomic E-state index is 12.3. The van der Waals surface area contributed by atoms with Gasteiger partial charge in [-0.05, 0) is 20.8 Å². The van der Waals surface area contributed by atoms with E-state index in [1.807, 2.05) is 0 Å². The zero-order valence-corrected chi connectivity index (χ0v) is 12.7. The number of rotatable bonds is 4. The summed E-state index contributed by atoms with van der Waals surface area (Å²) in [5.41, 5.74) is -0.778. The second-order valence-corrected chi connectivity index (χ2v) is 5.69. The number of carbonyl (C=O) groups excluding carboxylic acids is 2. The Balaban J connectivity index is 2.80. The molecule has 6 nitrogen and oxygen atoms in total. The summed E-state index contributed by atoms with van der Waals surface area (Å²) in [5, 5.41) is 0. The molecule has 0 N–H and O–H groups in total. The fourth-order valence-electron chi connectivity index (χ4n) is 1.94. The van der Waals surface area contributed by atoms with Gasteiger partial charge in [0.2, 0.25) is 0 Å². The third-order valence-corrected chi connectivity index (χ3v) is 2.76. The lowest BCUT2D eigenvalue weighted by Crippen LogP contribution is -2.44. The van der Waals surface area contributed by atoms with Crippen LogP contribution in [0.5, 0.6) is 0 Å². The van der Waals surface area contributed by atoms with Crippen LogP contribution >= 0.6 is 11.6 Å². The molecule has 0 aliphatic carbocycles. The van der Waals surface area contributed by atoms with E-state index >= 15 is 0 Å². The van der Waals surface area contributed by atoms with E-state index in [1.165, 1.54) is 0 Å². The van der Waals surface area contributed by atoms with Crippen LogP contribution in [-0.2, 0) is 19.0 Å². The number of halogens is 3. The number of esters is 1. The van der Waals surface area contributed by atoms with Gasteiger partial charge < -0.3 is 14.2 Å². The summed E-state index contributed by atoms with van der Waals surface area (Å²) < 4.78 is 38.7. The van der Waals surface area contributed by atoms with Crippen molar-refractivity contribution in [2.45, 2.75) is 51.6 Å². The highest BCUT2D eigenvalue weighted by Crippen LogP contribution is 2.25. The predicted molar refractivity (Wildman–Crippen MR) is 69.0 cm³/mol. The van der Waals surface area contributed by atoms with Crippen molar-refractivity contribution in [3.63, 3.8) is 0 Å². The third-order valence-electron chi connectivity index (χ3n) is 2.65. The van der Waals surface area contributed by atoms with Crippen molar-refractivity contribution in [3.05, 3.63) is 0 Å². The second kappa shape index (κ2) is 7.22. The SMILES string of the molecule is CC(C)(C)OC(=O)N1CC(OC(F)F)CC1C(=O)OCCl. The summed E-state index contributed by atoms with van der Waals surface area (Å²) in [7, 11) is 0. The molecule has 0 bridgehead atoms. The summed E-state index contributed by atoms with van der Waals surface area (Å²) in [4.78, 5) is 24.8. The highest BCUT2D eigenvalue weighted by Gasteiger charge is 2.43. The lowest BCUT2D eigenvalue weighted by molar-refractivity contribution is -0.159. The smallest absolute Gasteiger partial charge is 0.411 e. The fourth-order valence-corrected chi connectivity index (χ4v) is 2.04. The predicted octanol–water partition coefficient (Wildman–Crippen LogP) is 2.34. The van der Waals surface area contributed by atoms with E-state index in [0.29, 0.717) is 0 Å². The van der Waals surface area contributed by atoms with Gasteiger partial charge in [-0.1, -0.05) is 11.6 Å². The number of amides is 1. The minimum Gasteiger partial charge on any atom is -0.448 e. The van der Waals surface area contributed by atoms with Gasteiger partial charge >= 0.3 is 18.7 Å². The lowest BCUT2D eigenvalue weighted by Gasteiger charge is -2.27. The number of ether oxygens (including phenoxy) is 3. The first-order valence-corrected chi connectivity index (χ1v) is 6.83. The molecule has 0 saturated carbocycles. The molecule has 122 valence electrons. The van der Waals surface area contributed by atoms with Gasteiger partial charge in [-0.2, -0.15) is 8.78 Å². The van der Waals surface area contributed by atoms with E-state index in [4.69, 9.17) is 16.3 Å². The third kappa shape index (κ3) is 5.62. The van der Waals surface area contributed by atoms with Gasteiger partial charge in [-0.15, -0.1) is 0 Å². The van der Waals surface area contributed by atoms with E-state index in [0.717, 1.165) is 4.90 Å². The van der Waals surface area contributed by atoms with Gasteiger partial charge in [-0.3, -0.25) is 4.90 Å². The number of hydrogen-bond acceptors (Lipinski definition) is 5. The Kier molecular flexibility index (Phi) is 6.15. The molecular formula is C12H18ClF2NO5. The molecule has 1 rings (SSSR count). The molecule has 0 aromatic carbocycles. The zero-order valence-electron chi connectivity index (χ0n) is 12.0. The average molecular weight is 330 g/mol. The molecule has 1 fully saturated rings. The largest absolute Gasteiger partial charge is 0.448 e. The molecule has 1 amide bonds. The van der Waals surface area contributed by atoms with Crippen molar-refractivity contribution in [1.82, 2.24) is 4.90 Å². The fraction of sp³-hybridized carbons (Fsp3) is 0.833. The van der Waals surface area contributed by atoms with Crippen LogP contribution in [0.3, 0.4) is 0 Å². The molecule has 9 heteroatoms. The molecule has 0 aromatic heterocycles. The average Bonchev–Trinajstić information content (AvgIpc) is 2.70. The van der Waals surface area contributed by atoms with Crippen LogP contribution < -0.4 is 0 Å². The Hall–Kier alpha value is -1.15. The maximum Gasteiger partial charge on any atom is 0.411 e. The Morgan fingerprint density at radius 2 is 2.00 bits per heavy atom. The topological polar surface area (TPSA) is 65.1 Å². The van der Waals surface area contributed by atoms with Crippen LogP contribution in [0.2, 0.25) is 0 Å². The number of nitrogens with zero attached hydrogens (tertiary/aromatic N) is 1. The van der Waals surface area contributed by atoms with Crippen LogP contribution in [0.4, 0.5) is 13.6 Å². The van der Waals surface area contributed by atoms with Crippen LogP contribution in [0, 0.1) is 0 Å². The number of carbonyl (C=O) groups is 2. The molecule has 0 radical (unpaired) electrons. The van der Waals surface area contributed by atoms with Gasteiger partial charge in [0.05, 0.1) is 12.6 Å². The first kappa shape index (κ1) is 17.9. The van der Waals surface area contributed by atoms with Crippen molar-refractivity contribution >= 4 is 23.7 Å². The van der Waals surface area contributed by atoms with Gasteiger partial charge in [0, 0.05) is 6.42 Å². The Morgan fingerprint density at radius 1 is 1.38 bits per heavy atom. The van der Waals surface area contributed by atoms with E-state index in [2.05, 4.69) is 9.47 Å². The number of likely N-dealkylation sites (tertiary alicyclic amines) is 1. The van der Waals surface area contributed by atoms with Gasteiger partial charge in [0.1, 0.15) is 11.6 Å². The van der Waals surface area contributed by atoms with Crippen molar-refractivity contribution in [1.29, 1.82) is 0 Å². The van der Waals surface area contributed by atoms with Crippen LogP contribution in [0.15, 0.2) is 0 Å². The van der Waals surface area contributed by atoms with Crippen LogP contribution in [0.1, 0.15) is 27.2 Å². The van der Waals surface area contributed by atoms with E-state index in [1.54, 1.807) is 20.8 Å². The summed E-state index contributed by atoms with van der Waals surface area (Å²) in [6.07, 6.45) is -1.86. The molecule has 0 aromatic rings. The number of hydrogen-bond donors (Lipinski definition) is 0. The summed E-state index contributed by atoms with van der Waals surface area (Å²) in [5.74, 6) is -0.781. The normalized spacial score (nSPS) is 22.5. The standard InChI is InChI=1S/C12H18ClF2NO5/c1-12(2,3)21-11(18)16-5-7(20-10(14)15)4-8(16)9(17)19-6-13/h7-8,10H,4-6H2,1-3H3. The minimum atomic E-state index is -2.99. The lowest BCUT2D eigenvalue weighted by atomic mass is 10.2. The highest BCUT2D eigenvalue weighted by molar-refractivity contribution is 6.17. The molecule has 1 aliphatic rings. The van der Waals surface area contributed by atoms with E-state index in [9.17, 15) is 18.4 Å². The van der Waals surface area contributed by atoms with Gasteiger partial charge in [0.25, 0.3) is 0 Å². The summed E-state index contributed by atoms with van der Waals surface area (Å²) in [6.45, 7) is 1.79. The quantitative estimate of drug-likeness (QED) is 0.585. The van der Waals surface area contributed by atoms with Crippen molar-refractivity contribution < 1.29 is 32.6 Å². The van der Waals surface area contributed by atoms with Crippen LogP contribution in [0.25, 0.3) is 0 Å². The monoisotopic (exact) mass is 329 g/mol. The first-order chi connectivity index (χ1) is 9.64. The molecule has 2 unspecified atom stereocenters. The van der Waals surface area contributed by atoms with Crippen molar-refractivity contribution in [3.8, 4) is 0 Å². The van der Waals surface area contributed by atoms with Crippen molar-refractivity contribution in [2.75, 3.05) is 12.6 Å². The molecule has 2 atom stereocenters. The molecule has 1 aliphatic heterocycles. The zero-order chi connectivity index (χ0) is 16.2. The molecule has 1 heterocycles. The van der Waals surface area contributed by atoms with Crippen molar-refractivity contribution in [2.24, 2.45) is 0 Å². The summed E-state index contributed by atoms with van der Waals surface area (Å²) in [6, 6.07) is -1.44. The molecule has 21 heavy (non-hydrogen) atoms. The number of alkyl halides is 3.